The Bertz CT molecular complexity index is 445. The minimum Gasteiger partial charge on any atom is -0.370 e. The van der Waals surface area contributed by atoms with Crippen molar-refractivity contribution in [2.45, 2.75) is 70.8 Å². The highest BCUT2D eigenvalue weighted by molar-refractivity contribution is 5.06. The molecule has 5 heteroatoms. The van der Waals surface area contributed by atoms with Crippen LogP contribution >= 0.6 is 0 Å². The molecule has 1 aliphatic carbocycles. The topological polar surface area (TPSA) is 74.2 Å². The van der Waals surface area contributed by atoms with E-state index in [1.807, 2.05) is 0 Å². The number of hydrogen-bond donors (Lipinski definition) is 1. The monoisotopic (exact) mass is 295 g/mol. The van der Waals surface area contributed by atoms with E-state index in [0.29, 0.717) is 18.3 Å². The molecule has 5 nitrogen and oxygen atoms in total. The van der Waals surface area contributed by atoms with Gasteiger partial charge in [0.15, 0.2) is 0 Å². The van der Waals surface area contributed by atoms with Crippen molar-refractivity contribution in [1.29, 1.82) is 0 Å². The largest absolute Gasteiger partial charge is 0.370 e. The smallest absolute Gasteiger partial charge is 0.231 e. The average Bonchev–Trinajstić information content (AvgIpc) is 2.95. The van der Waals surface area contributed by atoms with Gasteiger partial charge in [-0.05, 0) is 24.7 Å². The minimum atomic E-state index is -0.360. The molecule has 0 saturated heterocycles. The zero-order valence-electron chi connectivity index (χ0n) is 13.8. The maximum atomic E-state index is 5.91. The van der Waals surface area contributed by atoms with Gasteiger partial charge in [0.1, 0.15) is 5.60 Å². The third-order valence-electron chi connectivity index (χ3n) is 4.39. The van der Waals surface area contributed by atoms with Crippen LogP contribution in [0.15, 0.2) is 4.52 Å². The van der Waals surface area contributed by atoms with E-state index in [-0.39, 0.29) is 16.9 Å². The van der Waals surface area contributed by atoms with Crippen LogP contribution in [-0.4, -0.2) is 23.8 Å². The van der Waals surface area contributed by atoms with Crippen LogP contribution in [0.3, 0.4) is 0 Å². The Labute approximate surface area is 127 Å². The van der Waals surface area contributed by atoms with Gasteiger partial charge in [-0.25, -0.2) is 0 Å². The summed E-state index contributed by atoms with van der Waals surface area (Å²) in [6.45, 7) is 7.12. The van der Waals surface area contributed by atoms with Crippen molar-refractivity contribution in [3.63, 3.8) is 0 Å². The number of nitrogens with zero attached hydrogens (tertiary/aromatic N) is 2. The Morgan fingerprint density at radius 3 is 2.48 bits per heavy atom. The Balaban J connectivity index is 2.19. The molecule has 2 N–H and O–H groups in total. The van der Waals surface area contributed by atoms with Crippen LogP contribution in [0.4, 0.5) is 0 Å². The van der Waals surface area contributed by atoms with Crippen molar-refractivity contribution < 1.29 is 9.26 Å². The van der Waals surface area contributed by atoms with Crippen LogP contribution in [0.2, 0.25) is 0 Å². The molecule has 2 rings (SSSR count). The summed E-state index contributed by atoms with van der Waals surface area (Å²) < 4.78 is 11.3. The molecule has 120 valence electrons. The highest BCUT2D eigenvalue weighted by atomic mass is 16.5. The van der Waals surface area contributed by atoms with E-state index in [1.165, 1.54) is 6.42 Å². The summed E-state index contributed by atoms with van der Waals surface area (Å²) in [6, 6.07) is 0. The molecule has 1 aromatic heterocycles. The molecule has 0 amide bonds. The normalized spacial score (nSPS) is 20.4. The van der Waals surface area contributed by atoms with Gasteiger partial charge in [-0.15, -0.1) is 0 Å². The molecular weight excluding hydrogens is 266 g/mol. The lowest BCUT2D eigenvalue weighted by atomic mass is 9.83. The van der Waals surface area contributed by atoms with Crippen LogP contribution in [0.25, 0.3) is 0 Å². The van der Waals surface area contributed by atoms with E-state index >= 15 is 0 Å². The van der Waals surface area contributed by atoms with Gasteiger partial charge >= 0.3 is 0 Å². The van der Waals surface area contributed by atoms with Crippen LogP contribution in [0.5, 0.6) is 0 Å². The molecule has 1 aliphatic rings. The lowest BCUT2D eigenvalue weighted by Gasteiger charge is -2.32. The first-order valence-corrected chi connectivity index (χ1v) is 7.99. The summed E-state index contributed by atoms with van der Waals surface area (Å²) in [4.78, 5) is 4.65. The van der Waals surface area contributed by atoms with Crippen molar-refractivity contribution >= 4 is 0 Å². The SMILES string of the molecule is COC1(c2noc(C(CN)CC(C)(C)C)n2)CCCCC1. The first-order chi connectivity index (χ1) is 9.90. The summed E-state index contributed by atoms with van der Waals surface area (Å²) >= 11 is 0. The van der Waals surface area contributed by atoms with Crippen LogP contribution in [0, 0.1) is 5.41 Å². The van der Waals surface area contributed by atoms with Gasteiger partial charge in [-0.2, -0.15) is 4.98 Å². The Morgan fingerprint density at radius 2 is 1.95 bits per heavy atom. The molecule has 1 heterocycles. The summed E-state index contributed by atoms with van der Waals surface area (Å²) in [5.74, 6) is 1.47. The quantitative estimate of drug-likeness (QED) is 0.901. The molecule has 1 atom stereocenters. The molecule has 0 radical (unpaired) electrons. The standard InChI is InChI=1S/C16H29N3O2/c1-15(2,3)10-12(11-17)13-18-14(19-21-13)16(20-4)8-6-5-7-9-16/h12H,5-11,17H2,1-4H3. The zero-order chi connectivity index (χ0) is 15.5. The molecule has 1 fully saturated rings. The fourth-order valence-corrected chi connectivity index (χ4v) is 3.24. The lowest BCUT2D eigenvalue weighted by molar-refractivity contribution is -0.0527. The van der Waals surface area contributed by atoms with E-state index in [0.717, 1.165) is 32.1 Å². The van der Waals surface area contributed by atoms with E-state index in [9.17, 15) is 0 Å². The number of rotatable bonds is 5. The highest BCUT2D eigenvalue weighted by Gasteiger charge is 2.39. The van der Waals surface area contributed by atoms with Crippen LogP contribution in [-0.2, 0) is 10.3 Å². The number of ether oxygens (including phenoxy) is 1. The molecule has 1 aromatic rings. The third-order valence-corrected chi connectivity index (χ3v) is 4.39. The Morgan fingerprint density at radius 1 is 1.29 bits per heavy atom. The van der Waals surface area contributed by atoms with Gasteiger partial charge in [0, 0.05) is 13.7 Å². The Kier molecular flexibility index (Phi) is 5.04. The van der Waals surface area contributed by atoms with Gasteiger partial charge in [0.25, 0.3) is 0 Å². The average molecular weight is 295 g/mol. The third kappa shape index (κ3) is 3.83. The van der Waals surface area contributed by atoms with Crippen molar-refractivity contribution in [3.05, 3.63) is 11.7 Å². The van der Waals surface area contributed by atoms with Gasteiger partial charge in [0.05, 0.1) is 5.92 Å². The molecule has 1 saturated carbocycles. The predicted molar refractivity (Wildman–Crippen MR) is 81.9 cm³/mol. The fourth-order valence-electron chi connectivity index (χ4n) is 3.24. The van der Waals surface area contributed by atoms with E-state index in [1.54, 1.807) is 7.11 Å². The fraction of sp³-hybridized carbons (Fsp3) is 0.875. The molecule has 0 aromatic carbocycles. The molecule has 0 spiro atoms. The second-order valence-corrected chi connectivity index (χ2v) is 7.41. The number of methoxy groups -OCH3 is 1. The predicted octanol–water partition coefficient (Wildman–Crippen LogP) is 3.35. The molecular formula is C16H29N3O2. The Hall–Kier alpha value is -0.940. The number of aromatic nitrogens is 2. The number of nitrogens with two attached hydrogens (primary N) is 1. The molecule has 0 bridgehead atoms. The maximum Gasteiger partial charge on any atom is 0.231 e. The minimum absolute atomic E-state index is 0.115. The molecule has 0 aliphatic heterocycles. The van der Waals surface area contributed by atoms with Crippen LogP contribution in [0.1, 0.15) is 76.9 Å². The maximum absolute atomic E-state index is 5.91. The van der Waals surface area contributed by atoms with Gasteiger partial charge < -0.3 is 15.0 Å². The summed E-state index contributed by atoms with van der Waals surface area (Å²) in [5.41, 5.74) is 5.73. The first kappa shape index (κ1) is 16.4. The van der Waals surface area contributed by atoms with Gasteiger partial charge in [-0.3, -0.25) is 0 Å². The number of hydrogen-bond acceptors (Lipinski definition) is 5. The molecule has 1 unspecified atom stereocenters. The van der Waals surface area contributed by atoms with E-state index in [2.05, 4.69) is 30.9 Å². The summed E-state index contributed by atoms with van der Waals surface area (Å²) in [5, 5.41) is 4.22. The second-order valence-electron chi connectivity index (χ2n) is 7.41. The highest BCUT2D eigenvalue weighted by Crippen LogP contribution is 2.39. The lowest BCUT2D eigenvalue weighted by Crippen LogP contribution is -2.32. The van der Waals surface area contributed by atoms with E-state index in [4.69, 9.17) is 15.0 Å². The van der Waals surface area contributed by atoms with Crippen molar-refractivity contribution in [2.24, 2.45) is 11.1 Å². The van der Waals surface area contributed by atoms with Gasteiger partial charge in [-0.1, -0.05) is 45.2 Å². The van der Waals surface area contributed by atoms with Crippen molar-refractivity contribution in [3.8, 4) is 0 Å². The van der Waals surface area contributed by atoms with Gasteiger partial charge in [0.2, 0.25) is 11.7 Å². The van der Waals surface area contributed by atoms with E-state index < -0.39 is 0 Å². The van der Waals surface area contributed by atoms with Crippen LogP contribution < -0.4 is 5.73 Å². The zero-order valence-corrected chi connectivity index (χ0v) is 13.8. The van der Waals surface area contributed by atoms with Crippen molar-refractivity contribution in [2.75, 3.05) is 13.7 Å². The van der Waals surface area contributed by atoms with Crippen molar-refractivity contribution in [1.82, 2.24) is 10.1 Å². The molecule has 21 heavy (non-hydrogen) atoms. The summed E-state index contributed by atoms with van der Waals surface area (Å²) in [6.07, 6.45) is 6.43. The first-order valence-electron chi connectivity index (χ1n) is 7.99. The second kappa shape index (κ2) is 6.44. The summed E-state index contributed by atoms with van der Waals surface area (Å²) in [7, 11) is 1.75.